The number of nitrogens with two attached hydrogens (primary N) is 1. The van der Waals surface area contributed by atoms with Crippen molar-refractivity contribution in [3.8, 4) is 5.75 Å². The van der Waals surface area contributed by atoms with Gasteiger partial charge in [-0.25, -0.2) is 4.79 Å². The molecule has 1 unspecified atom stereocenters. The van der Waals surface area contributed by atoms with Gasteiger partial charge in [0.15, 0.2) is 6.04 Å². The van der Waals surface area contributed by atoms with E-state index in [9.17, 15) is 9.59 Å². The van der Waals surface area contributed by atoms with E-state index in [0.717, 1.165) is 0 Å². The first-order valence-electron chi connectivity index (χ1n) is 6.48. The molecular formula is C14H18N2O5. The third kappa shape index (κ3) is 3.08. The van der Waals surface area contributed by atoms with E-state index in [1.165, 1.54) is 19.1 Å². The molecule has 0 bridgehead atoms. The van der Waals surface area contributed by atoms with Crippen LogP contribution in [0.4, 0.5) is 5.69 Å². The van der Waals surface area contributed by atoms with Gasteiger partial charge in [0.05, 0.1) is 33.0 Å². The maximum atomic E-state index is 12.7. The molecule has 1 aliphatic rings. The van der Waals surface area contributed by atoms with Crippen LogP contribution >= 0.6 is 0 Å². The number of nitrogen functional groups attached to an aromatic ring is 1. The Labute approximate surface area is 122 Å². The number of anilines is 1. The zero-order valence-corrected chi connectivity index (χ0v) is 12.0. The van der Waals surface area contributed by atoms with E-state index >= 15 is 0 Å². The number of hydrogen-bond donors (Lipinski definition) is 1. The Hall–Kier alpha value is -2.28. The van der Waals surface area contributed by atoms with Crippen molar-refractivity contribution in [2.24, 2.45) is 0 Å². The van der Waals surface area contributed by atoms with Gasteiger partial charge in [0.1, 0.15) is 5.75 Å². The van der Waals surface area contributed by atoms with E-state index in [-0.39, 0.29) is 12.5 Å². The minimum Gasteiger partial charge on any atom is -0.496 e. The fraction of sp³-hybridized carbons (Fsp3) is 0.429. The molecule has 2 N–H and O–H groups in total. The molecule has 0 aromatic heterocycles. The van der Waals surface area contributed by atoms with Gasteiger partial charge in [-0.15, -0.1) is 0 Å². The zero-order chi connectivity index (χ0) is 15.4. The first-order valence-corrected chi connectivity index (χ1v) is 6.48. The van der Waals surface area contributed by atoms with Crippen LogP contribution in [0.5, 0.6) is 5.75 Å². The average molecular weight is 294 g/mol. The summed E-state index contributed by atoms with van der Waals surface area (Å²) in [7, 11) is 2.74. The molecule has 0 spiro atoms. The number of rotatable bonds is 3. The molecule has 21 heavy (non-hydrogen) atoms. The van der Waals surface area contributed by atoms with Crippen LogP contribution in [-0.2, 0) is 14.3 Å². The van der Waals surface area contributed by atoms with E-state index in [4.69, 9.17) is 19.9 Å². The minimum atomic E-state index is -0.751. The number of carbonyl (C=O) groups is 2. The van der Waals surface area contributed by atoms with Crippen LogP contribution in [0, 0.1) is 0 Å². The summed E-state index contributed by atoms with van der Waals surface area (Å²) in [5.74, 6) is -0.446. The number of morpholine rings is 1. The second kappa shape index (κ2) is 6.45. The molecule has 0 radical (unpaired) electrons. The van der Waals surface area contributed by atoms with Crippen LogP contribution in [0.1, 0.15) is 10.4 Å². The lowest BCUT2D eigenvalue weighted by atomic mass is 10.1. The van der Waals surface area contributed by atoms with Crippen molar-refractivity contribution in [1.29, 1.82) is 0 Å². The fourth-order valence-corrected chi connectivity index (χ4v) is 2.22. The highest BCUT2D eigenvalue weighted by Crippen LogP contribution is 2.24. The largest absolute Gasteiger partial charge is 0.496 e. The lowest BCUT2D eigenvalue weighted by molar-refractivity contribution is -0.151. The Morgan fingerprint density at radius 2 is 2.14 bits per heavy atom. The number of ether oxygens (including phenoxy) is 3. The van der Waals surface area contributed by atoms with Gasteiger partial charge in [-0.3, -0.25) is 4.79 Å². The molecule has 114 valence electrons. The maximum absolute atomic E-state index is 12.7. The van der Waals surface area contributed by atoms with Crippen molar-refractivity contribution in [2.75, 3.05) is 39.7 Å². The molecule has 0 saturated carbocycles. The van der Waals surface area contributed by atoms with Crippen LogP contribution in [-0.4, -0.2) is 56.8 Å². The SMILES string of the molecule is COC(=O)C1COCCN1C(=O)c1ccc(N)cc1OC. The zero-order valence-electron chi connectivity index (χ0n) is 12.0. The van der Waals surface area contributed by atoms with E-state index in [2.05, 4.69) is 0 Å². The number of amides is 1. The Bertz CT molecular complexity index is 546. The van der Waals surface area contributed by atoms with E-state index in [1.54, 1.807) is 18.2 Å². The molecule has 1 aromatic carbocycles. The third-order valence-corrected chi connectivity index (χ3v) is 3.32. The summed E-state index contributed by atoms with van der Waals surface area (Å²) < 4.78 is 15.2. The normalized spacial score (nSPS) is 18.2. The van der Waals surface area contributed by atoms with Gasteiger partial charge in [-0.1, -0.05) is 0 Å². The highest BCUT2D eigenvalue weighted by Gasteiger charge is 2.35. The predicted molar refractivity (Wildman–Crippen MR) is 75.1 cm³/mol. The van der Waals surface area contributed by atoms with Crippen molar-refractivity contribution in [2.45, 2.75) is 6.04 Å². The third-order valence-electron chi connectivity index (χ3n) is 3.32. The van der Waals surface area contributed by atoms with Gasteiger partial charge < -0.3 is 24.8 Å². The molecule has 1 heterocycles. The summed E-state index contributed by atoms with van der Waals surface area (Å²) in [4.78, 5) is 25.9. The molecule has 0 aliphatic carbocycles. The smallest absolute Gasteiger partial charge is 0.331 e. The van der Waals surface area contributed by atoms with Crippen LogP contribution in [0.25, 0.3) is 0 Å². The highest BCUT2D eigenvalue weighted by atomic mass is 16.5. The summed E-state index contributed by atoms with van der Waals surface area (Å²) in [5.41, 5.74) is 6.52. The maximum Gasteiger partial charge on any atom is 0.331 e. The van der Waals surface area contributed by atoms with Gasteiger partial charge in [0.2, 0.25) is 0 Å². The van der Waals surface area contributed by atoms with Crippen LogP contribution in [0.2, 0.25) is 0 Å². The Morgan fingerprint density at radius 3 is 2.81 bits per heavy atom. The highest BCUT2D eigenvalue weighted by molar-refractivity contribution is 5.99. The number of esters is 1. The van der Waals surface area contributed by atoms with Crippen molar-refractivity contribution in [3.05, 3.63) is 23.8 Å². The minimum absolute atomic E-state index is 0.121. The van der Waals surface area contributed by atoms with Crippen molar-refractivity contribution >= 4 is 17.6 Å². The molecule has 1 atom stereocenters. The topological polar surface area (TPSA) is 91.1 Å². The van der Waals surface area contributed by atoms with Crippen molar-refractivity contribution in [1.82, 2.24) is 4.90 Å². The Balaban J connectivity index is 2.31. The standard InChI is InChI=1S/C14H18N2O5/c1-19-12-7-9(15)3-4-10(12)13(17)16-5-6-21-8-11(16)14(18)20-2/h3-4,7,11H,5-6,8,15H2,1-2H3. The van der Waals surface area contributed by atoms with Gasteiger partial charge in [0, 0.05) is 18.3 Å². The van der Waals surface area contributed by atoms with E-state index in [1.807, 2.05) is 0 Å². The molecule has 1 saturated heterocycles. The van der Waals surface area contributed by atoms with Gasteiger partial charge in [-0.05, 0) is 12.1 Å². The number of nitrogens with zero attached hydrogens (tertiary/aromatic N) is 1. The molecule has 7 heteroatoms. The predicted octanol–water partition coefficient (Wildman–Crippen LogP) is 0.291. The molecule has 1 fully saturated rings. The van der Waals surface area contributed by atoms with Crippen molar-refractivity contribution in [3.63, 3.8) is 0 Å². The molecule has 1 amide bonds. The van der Waals surface area contributed by atoms with Gasteiger partial charge >= 0.3 is 5.97 Å². The summed E-state index contributed by atoms with van der Waals surface area (Å²) in [5, 5.41) is 0. The lowest BCUT2D eigenvalue weighted by Gasteiger charge is -2.33. The van der Waals surface area contributed by atoms with Gasteiger partial charge in [0.25, 0.3) is 5.91 Å². The summed E-state index contributed by atoms with van der Waals surface area (Å²) in [6.07, 6.45) is 0. The Morgan fingerprint density at radius 1 is 1.38 bits per heavy atom. The number of benzene rings is 1. The number of carbonyl (C=O) groups excluding carboxylic acids is 2. The average Bonchev–Trinajstić information content (AvgIpc) is 2.53. The summed E-state index contributed by atoms with van der Waals surface area (Å²) in [6.45, 7) is 0.804. The first kappa shape index (κ1) is 15.1. The van der Waals surface area contributed by atoms with Crippen LogP contribution < -0.4 is 10.5 Å². The second-order valence-corrected chi connectivity index (χ2v) is 4.57. The van der Waals surface area contributed by atoms with Crippen LogP contribution in [0.15, 0.2) is 18.2 Å². The quantitative estimate of drug-likeness (QED) is 0.636. The molecule has 2 rings (SSSR count). The second-order valence-electron chi connectivity index (χ2n) is 4.57. The first-order chi connectivity index (χ1) is 10.1. The van der Waals surface area contributed by atoms with E-state index in [0.29, 0.717) is 30.2 Å². The Kier molecular flexibility index (Phi) is 4.64. The van der Waals surface area contributed by atoms with Crippen molar-refractivity contribution < 1.29 is 23.8 Å². The lowest BCUT2D eigenvalue weighted by Crippen LogP contribution is -2.53. The molecular weight excluding hydrogens is 276 g/mol. The van der Waals surface area contributed by atoms with E-state index < -0.39 is 12.0 Å². The number of methoxy groups -OCH3 is 2. The monoisotopic (exact) mass is 294 g/mol. The fourth-order valence-electron chi connectivity index (χ4n) is 2.22. The van der Waals surface area contributed by atoms with Crippen LogP contribution in [0.3, 0.4) is 0 Å². The summed E-state index contributed by atoms with van der Waals surface area (Å²) >= 11 is 0. The summed E-state index contributed by atoms with van der Waals surface area (Å²) in [6, 6.07) is 4.02. The molecule has 1 aliphatic heterocycles. The molecule has 1 aromatic rings. The molecule has 7 nitrogen and oxygen atoms in total. The number of hydrogen-bond acceptors (Lipinski definition) is 6. The van der Waals surface area contributed by atoms with Gasteiger partial charge in [-0.2, -0.15) is 0 Å².